The highest BCUT2D eigenvalue weighted by molar-refractivity contribution is 6.01. The third-order valence-electron chi connectivity index (χ3n) is 4.94. The topological polar surface area (TPSA) is 33.2 Å². The Labute approximate surface area is 164 Å². The molecule has 1 aliphatic heterocycles. The third kappa shape index (κ3) is 3.72. The van der Waals surface area contributed by atoms with E-state index in [0.29, 0.717) is 28.1 Å². The second kappa shape index (κ2) is 6.99. The summed E-state index contributed by atoms with van der Waals surface area (Å²) in [4.78, 5) is 18.3. The predicted molar refractivity (Wildman–Crippen MR) is 101 cm³/mol. The van der Waals surface area contributed by atoms with Crippen molar-refractivity contribution in [3.8, 4) is 11.1 Å². The average Bonchev–Trinajstić information content (AvgIpc) is 2.99. The lowest BCUT2D eigenvalue weighted by Crippen LogP contribution is -2.26. The summed E-state index contributed by atoms with van der Waals surface area (Å²) in [5.74, 6) is -0.480. The lowest BCUT2D eigenvalue weighted by atomic mass is 10.0. The average molecular weight is 400 g/mol. The van der Waals surface area contributed by atoms with E-state index < -0.39 is 11.7 Å². The number of aromatic nitrogens is 1. The molecule has 0 saturated carbocycles. The van der Waals surface area contributed by atoms with E-state index in [1.165, 1.54) is 23.2 Å². The Hall–Kier alpha value is -3.22. The molecule has 0 bridgehead atoms. The molecule has 0 spiro atoms. The maximum atomic E-state index is 13.5. The largest absolute Gasteiger partial charge is 0.416 e. The molecule has 29 heavy (non-hydrogen) atoms. The molecule has 0 saturated heterocycles. The Morgan fingerprint density at radius 1 is 1.07 bits per heavy atom. The molecule has 3 nitrogen and oxygen atoms in total. The zero-order valence-corrected chi connectivity index (χ0v) is 15.4. The van der Waals surface area contributed by atoms with Crippen LogP contribution in [0.15, 0.2) is 54.7 Å². The minimum Gasteiger partial charge on any atom is -0.306 e. The normalized spacial score (nSPS) is 13.7. The molecule has 3 aromatic rings. The van der Waals surface area contributed by atoms with E-state index in [4.69, 9.17) is 0 Å². The van der Waals surface area contributed by atoms with Crippen molar-refractivity contribution in [1.29, 1.82) is 0 Å². The number of benzene rings is 2. The lowest BCUT2D eigenvalue weighted by molar-refractivity contribution is -0.137. The van der Waals surface area contributed by atoms with Gasteiger partial charge in [-0.15, -0.1) is 0 Å². The van der Waals surface area contributed by atoms with Crippen LogP contribution in [0.25, 0.3) is 11.1 Å². The standard InChI is InChI=1S/C22H16F4N2O/c1-13-7-14(5-6-18(13)23)12-28-20-9-16(11-27-19(20)10-21(28)29)15-3-2-4-17(8-15)22(24,25)26/h2-9,11H,10,12H2,1H3. The molecule has 0 radical (unpaired) electrons. The van der Waals surface area contributed by atoms with Crippen LogP contribution in [0, 0.1) is 12.7 Å². The number of nitrogens with zero attached hydrogens (tertiary/aromatic N) is 2. The number of hydrogen-bond acceptors (Lipinski definition) is 2. The molecule has 2 heterocycles. The highest BCUT2D eigenvalue weighted by Gasteiger charge is 2.31. The summed E-state index contributed by atoms with van der Waals surface area (Å²) < 4.78 is 52.6. The van der Waals surface area contributed by atoms with Crippen molar-refractivity contribution in [3.63, 3.8) is 0 Å². The van der Waals surface area contributed by atoms with Gasteiger partial charge in [-0.1, -0.05) is 24.3 Å². The molecular formula is C22H16F4N2O. The van der Waals surface area contributed by atoms with Crippen LogP contribution >= 0.6 is 0 Å². The maximum absolute atomic E-state index is 13.5. The fraction of sp³-hybridized carbons (Fsp3) is 0.182. The molecule has 1 amide bonds. The van der Waals surface area contributed by atoms with Crippen molar-refractivity contribution in [2.75, 3.05) is 4.90 Å². The Kier molecular flexibility index (Phi) is 4.61. The van der Waals surface area contributed by atoms with Gasteiger partial charge in [-0.25, -0.2) is 4.39 Å². The second-order valence-electron chi connectivity index (χ2n) is 7.01. The van der Waals surface area contributed by atoms with Crippen molar-refractivity contribution in [2.45, 2.75) is 26.1 Å². The van der Waals surface area contributed by atoms with Gasteiger partial charge in [0.2, 0.25) is 5.91 Å². The Morgan fingerprint density at radius 3 is 2.59 bits per heavy atom. The molecule has 0 aliphatic carbocycles. The van der Waals surface area contributed by atoms with Crippen molar-refractivity contribution in [1.82, 2.24) is 4.98 Å². The van der Waals surface area contributed by atoms with E-state index in [1.807, 2.05) is 0 Å². The van der Waals surface area contributed by atoms with Crippen LogP contribution in [0.3, 0.4) is 0 Å². The van der Waals surface area contributed by atoms with Gasteiger partial charge in [-0.05, 0) is 47.9 Å². The van der Waals surface area contributed by atoms with E-state index >= 15 is 0 Å². The number of alkyl halides is 3. The van der Waals surface area contributed by atoms with Gasteiger partial charge in [0.05, 0.1) is 29.9 Å². The summed E-state index contributed by atoms with van der Waals surface area (Å²) in [7, 11) is 0. The van der Waals surface area contributed by atoms with Crippen molar-refractivity contribution >= 4 is 11.6 Å². The minimum absolute atomic E-state index is 0.123. The van der Waals surface area contributed by atoms with E-state index in [0.717, 1.165) is 17.7 Å². The van der Waals surface area contributed by atoms with E-state index in [9.17, 15) is 22.4 Å². The summed E-state index contributed by atoms with van der Waals surface area (Å²) >= 11 is 0. The Bertz CT molecular complexity index is 1110. The van der Waals surface area contributed by atoms with Gasteiger partial charge in [-0.2, -0.15) is 13.2 Å². The molecule has 4 rings (SSSR count). The van der Waals surface area contributed by atoms with Crippen LogP contribution in [0.2, 0.25) is 0 Å². The summed E-state index contributed by atoms with van der Waals surface area (Å²) in [6, 6.07) is 11.3. The van der Waals surface area contributed by atoms with E-state index in [-0.39, 0.29) is 24.7 Å². The van der Waals surface area contributed by atoms with Gasteiger partial charge in [0.25, 0.3) is 0 Å². The number of halogens is 4. The summed E-state index contributed by atoms with van der Waals surface area (Å²) in [6.07, 6.45) is -2.84. The SMILES string of the molecule is Cc1cc(CN2C(=O)Cc3ncc(-c4cccc(C(F)(F)F)c4)cc32)ccc1F. The number of carbonyl (C=O) groups excluding carboxylic acids is 1. The molecule has 7 heteroatoms. The molecular weight excluding hydrogens is 384 g/mol. The first kappa shape index (κ1) is 19.1. The highest BCUT2D eigenvalue weighted by Crippen LogP contribution is 2.35. The van der Waals surface area contributed by atoms with Gasteiger partial charge in [-0.3, -0.25) is 9.78 Å². The summed E-state index contributed by atoms with van der Waals surface area (Å²) in [5, 5.41) is 0. The molecule has 1 aromatic heterocycles. The van der Waals surface area contributed by atoms with Crippen molar-refractivity contribution in [3.05, 3.63) is 82.9 Å². The molecule has 1 aliphatic rings. The Balaban J connectivity index is 1.69. The number of aryl methyl sites for hydroxylation is 1. The third-order valence-corrected chi connectivity index (χ3v) is 4.94. The van der Waals surface area contributed by atoms with Crippen LogP contribution in [-0.4, -0.2) is 10.9 Å². The number of anilines is 1. The Morgan fingerprint density at radius 2 is 1.86 bits per heavy atom. The van der Waals surface area contributed by atoms with Crippen LogP contribution in [0.5, 0.6) is 0 Å². The van der Waals surface area contributed by atoms with Crippen molar-refractivity contribution < 1.29 is 22.4 Å². The smallest absolute Gasteiger partial charge is 0.306 e. The summed E-state index contributed by atoms with van der Waals surface area (Å²) in [6.45, 7) is 1.88. The van der Waals surface area contributed by atoms with Gasteiger partial charge in [0.1, 0.15) is 5.82 Å². The zero-order valence-electron chi connectivity index (χ0n) is 15.4. The van der Waals surface area contributed by atoms with E-state index in [1.54, 1.807) is 31.2 Å². The van der Waals surface area contributed by atoms with Crippen LogP contribution in [0.1, 0.15) is 22.4 Å². The predicted octanol–water partition coefficient (Wildman–Crippen LogP) is 5.30. The molecule has 0 unspecified atom stereocenters. The monoisotopic (exact) mass is 400 g/mol. The molecule has 0 fully saturated rings. The molecule has 0 atom stereocenters. The van der Waals surface area contributed by atoms with Gasteiger partial charge >= 0.3 is 6.18 Å². The number of hydrogen-bond donors (Lipinski definition) is 0. The minimum atomic E-state index is -4.44. The quantitative estimate of drug-likeness (QED) is 0.559. The lowest BCUT2D eigenvalue weighted by Gasteiger charge is -2.18. The number of amides is 1. The first-order valence-electron chi connectivity index (χ1n) is 8.94. The molecule has 2 aromatic carbocycles. The first-order chi connectivity index (χ1) is 13.7. The molecule has 148 valence electrons. The maximum Gasteiger partial charge on any atom is 0.416 e. The second-order valence-corrected chi connectivity index (χ2v) is 7.01. The number of pyridine rings is 1. The van der Waals surface area contributed by atoms with Crippen LogP contribution in [0.4, 0.5) is 23.2 Å². The number of carbonyl (C=O) groups is 1. The van der Waals surface area contributed by atoms with Crippen LogP contribution in [-0.2, 0) is 23.9 Å². The zero-order chi connectivity index (χ0) is 20.8. The van der Waals surface area contributed by atoms with Gasteiger partial charge in [0.15, 0.2) is 0 Å². The van der Waals surface area contributed by atoms with Gasteiger partial charge < -0.3 is 4.90 Å². The summed E-state index contributed by atoms with van der Waals surface area (Å²) in [5.41, 5.74) is 2.48. The first-order valence-corrected chi connectivity index (χ1v) is 8.94. The fourth-order valence-electron chi connectivity index (χ4n) is 3.42. The fourth-order valence-corrected chi connectivity index (χ4v) is 3.42. The van der Waals surface area contributed by atoms with E-state index in [2.05, 4.69) is 4.98 Å². The highest BCUT2D eigenvalue weighted by atomic mass is 19.4. The molecule has 0 N–H and O–H groups in total. The van der Waals surface area contributed by atoms with Crippen molar-refractivity contribution in [2.24, 2.45) is 0 Å². The number of fused-ring (bicyclic) bond motifs is 1. The van der Waals surface area contributed by atoms with Gasteiger partial charge in [0, 0.05) is 11.8 Å². The number of rotatable bonds is 3. The van der Waals surface area contributed by atoms with Crippen LogP contribution < -0.4 is 4.90 Å².